The Bertz CT molecular complexity index is 433. The molecule has 2 unspecified atom stereocenters. The van der Waals surface area contributed by atoms with E-state index in [1.165, 1.54) is 12.1 Å². The predicted molar refractivity (Wildman–Crippen MR) is 58.8 cm³/mol. The Morgan fingerprint density at radius 2 is 2.00 bits per heavy atom. The lowest BCUT2D eigenvalue weighted by Crippen LogP contribution is -1.95. The largest absolute Gasteiger partial charge is 0.269 e. The average molecular weight is 216 g/mol. The first-order valence-electron chi connectivity index (χ1n) is 5.34. The van der Waals surface area contributed by atoms with E-state index < -0.39 is 4.92 Å². The summed E-state index contributed by atoms with van der Waals surface area (Å²) in [5.74, 6) is 0.547. The molecule has 0 heterocycles. The Labute approximate surface area is 93.7 Å². The van der Waals surface area contributed by atoms with Gasteiger partial charge in [0.25, 0.3) is 5.69 Å². The zero-order chi connectivity index (χ0) is 11.5. The lowest BCUT2D eigenvalue weighted by atomic mass is 9.96. The van der Waals surface area contributed by atoms with E-state index in [4.69, 9.17) is 5.26 Å². The molecule has 2 atom stereocenters. The Morgan fingerprint density at radius 1 is 1.31 bits per heavy atom. The number of benzene rings is 1. The van der Waals surface area contributed by atoms with E-state index in [1.54, 1.807) is 0 Å². The lowest BCUT2D eigenvalue weighted by molar-refractivity contribution is -0.384. The van der Waals surface area contributed by atoms with Crippen LogP contribution in [0, 0.1) is 27.4 Å². The van der Waals surface area contributed by atoms with Gasteiger partial charge in [-0.15, -0.1) is 0 Å². The first-order chi connectivity index (χ1) is 7.70. The Hall–Kier alpha value is -1.89. The summed E-state index contributed by atoms with van der Waals surface area (Å²) in [6.45, 7) is 0. The molecule has 1 aliphatic rings. The molecule has 0 radical (unpaired) electrons. The van der Waals surface area contributed by atoms with E-state index in [-0.39, 0.29) is 11.6 Å². The molecule has 0 saturated heterocycles. The number of non-ortho nitro benzene ring substituents is 1. The van der Waals surface area contributed by atoms with E-state index in [0.717, 1.165) is 24.8 Å². The van der Waals surface area contributed by atoms with Crippen molar-refractivity contribution in [1.29, 1.82) is 5.26 Å². The van der Waals surface area contributed by atoms with Crippen molar-refractivity contribution in [3.63, 3.8) is 0 Å². The molecular weight excluding hydrogens is 204 g/mol. The maximum absolute atomic E-state index is 10.5. The van der Waals surface area contributed by atoms with Crippen molar-refractivity contribution in [2.24, 2.45) is 5.92 Å². The first kappa shape index (κ1) is 10.6. The molecule has 1 fully saturated rings. The van der Waals surface area contributed by atoms with Crippen LogP contribution >= 0.6 is 0 Å². The van der Waals surface area contributed by atoms with Gasteiger partial charge in [0, 0.05) is 18.1 Å². The predicted octanol–water partition coefficient (Wildman–Crippen LogP) is 3.00. The summed E-state index contributed by atoms with van der Waals surface area (Å²) in [5, 5.41) is 19.3. The van der Waals surface area contributed by atoms with Gasteiger partial charge in [0.05, 0.1) is 11.0 Å². The molecule has 1 saturated carbocycles. The third-order valence-corrected chi connectivity index (χ3v) is 3.19. The second kappa shape index (κ2) is 4.31. The van der Waals surface area contributed by atoms with Gasteiger partial charge in [0.1, 0.15) is 0 Å². The van der Waals surface area contributed by atoms with Crippen LogP contribution in [0.5, 0.6) is 0 Å². The van der Waals surface area contributed by atoms with Crippen LogP contribution in [0.1, 0.15) is 30.7 Å². The lowest BCUT2D eigenvalue weighted by Gasteiger charge is -2.08. The molecule has 4 nitrogen and oxygen atoms in total. The molecule has 0 amide bonds. The summed E-state index contributed by atoms with van der Waals surface area (Å²) in [6.07, 6.45) is 2.84. The smallest absolute Gasteiger partial charge is 0.258 e. The highest BCUT2D eigenvalue weighted by molar-refractivity contribution is 5.34. The molecule has 1 aliphatic carbocycles. The van der Waals surface area contributed by atoms with E-state index in [0.29, 0.717) is 5.92 Å². The summed E-state index contributed by atoms with van der Waals surface area (Å²) in [5.41, 5.74) is 1.24. The minimum atomic E-state index is -0.392. The van der Waals surface area contributed by atoms with Crippen molar-refractivity contribution in [3.8, 4) is 6.07 Å². The van der Waals surface area contributed by atoms with Crippen LogP contribution in [-0.4, -0.2) is 4.92 Å². The minimum Gasteiger partial charge on any atom is -0.258 e. The van der Waals surface area contributed by atoms with E-state index in [2.05, 4.69) is 6.07 Å². The molecule has 0 N–H and O–H groups in total. The number of hydrogen-bond acceptors (Lipinski definition) is 3. The van der Waals surface area contributed by atoms with Crippen LogP contribution in [-0.2, 0) is 0 Å². The maximum atomic E-state index is 10.5. The van der Waals surface area contributed by atoms with Crippen molar-refractivity contribution < 1.29 is 4.92 Å². The summed E-state index contributed by atoms with van der Waals surface area (Å²) >= 11 is 0. The molecule has 0 aromatic heterocycles. The fourth-order valence-corrected chi connectivity index (χ4v) is 2.27. The quantitative estimate of drug-likeness (QED) is 0.563. The molecule has 1 aromatic rings. The van der Waals surface area contributed by atoms with Gasteiger partial charge in [-0.25, -0.2) is 0 Å². The highest BCUT2D eigenvalue weighted by Crippen LogP contribution is 2.38. The van der Waals surface area contributed by atoms with Crippen LogP contribution in [0.2, 0.25) is 0 Å². The monoisotopic (exact) mass is 216 g/mol. The third-order valence-electron chi connectivity index (χ3n) is 3.19. The van der Waals surface area contributed by atoms with Crippen molar-refractivity contribution in [3.05, 3.63) is 39.9 Å². The Kier molecular flexibility index (Phi) is 2.86. The fraction of sp³-hybridized carbons (Fsp3) is 0.417. The number of nitro benzene ring substituents is 1. The van der Waals surface area contributed by atoms with Crippen molar-refractivity contribution in [1.82, 2.24) is 0 Å². The van der Waals surface area contributed by atoms with Crippen LogP contribution in [0.15, 0.2) is 24.3 Å². The Balaban J connectivity index is 2.11. The van der Waals surface area contributed by atoms with E-state index in [1.807, 2.05) is 12.1 Å². The zero-order valence-corrected chi connectivity index (χ0v) is 8.80. The van der Waals surface area contributed by atoms with Gasteiger partial charge in [-0.1, -0.05) is 12.1 Å². The second-order valence-electron chi connectivity index (χ2n) is 4.18. The van der Waals surface area contributed by atoms with E-state index in [9.17, 15) is 10.1 Å². The summed E-state index contributed by atoms with van der Waals surface area (Å²) < 4.78 is 0. The molecule has 0 aliphatic heterocycles. The van der Waals surface area contributed by atoms with E-state index >= 15 is 0 Å². The van der Waals surface area contributed by atoms with Gasteiger partial charge in [-0.05, 0) is 30.7 Å². The highest BCUT2D eigenvalue weighted by Gasteiger charge is 2.25. The SMILES string of the molecule is N#CC1CCC(c2ccc([N+](=O)[O-])cc2)C1. The average Bonchev–Trinajstić information content (AvgIpc) is 2.77. The van der Waals surface area contributed by atoms with Crippen LogP contribution in [0.3, 0.4) is 0 Å². The molecule has 0 bridgehead atoms. The standard InChI is InChI=1S/C12H12N2O2/c13-8-9-1-2-11(7-9)10-3-5-12(6-4-10)14(15)16/h3-6,9,11H,1-2,7H2. The molecular formula is C12H12N2O2. The third kappa shape index (κ3) is 2.03. The van der Waals surface area contributed by atoms with Crippen LogP contribution in [0.4, 0.5) is 5.69 Å². The summed E-state index contributed by atoms with van der Waals surface area (Å²) in [7, 11) is 0. The van der Waals surface area contributed by atoms with Gasteiger partial charge >= 0.3 is 0 Å². The zero-order valence-electron chi connectivity index (χ0n) is 8.80. The minimum absolute atomic E-state index is 0.124. The molecule has 4 heteroatoms. The molecule has 2 rings (SSSR count). The normalized spacial score (nSPS) is 23.9. The van der Waals surface area contributed by atoms with Gasteiger partial charge in [0.15, 0.2) is 0 Å². The number of hydrogen-bond donors (Lipinski definition) is 0. The van der Waals surface area contributed by atoms with Gasteiger partial charge < -0.3 is 0 Å². The summed E-state index contributed by atoms with van der Waals surface area (Å²) in [4.78, 5) is 10.1. The molecule has 0 spiro atoms. The molecule has 1 aromatic carbocycles. The maximum Gasteiger partial charge on any atom is 0.269 e. The van der Waals surface area contributed by atoms with Crippen LogP contribution in [0.25, 0.3) is 0 Å². The number of nitro groups is 1. The van der Waals surface area contributed by atoms with Crippen molar-refractivity contribution >= 4 is 5.69 Å². The topological polar surface area (TPSA) is 66.9 Å². The highest BCUT2D eigenvalue weighted by atomic mass is 16.6. The van der Waals surface area contributed by atoms with Gasteiger partial charge in [-0.3, -0.25) is 10.1 Å². The van der Waals surface area contributed by atoms with Gasteiger partial charge in [0.2, 0.25) is 0 Å². The fourth-order valence-electron chi connectivity index (χ4n) is 2.27. The van der Waals surface area contributed by atoms with Crippen LogP contribution < -0.4 is 0 Å². The summed E-state index contributed by atoms with van der Waals surface area (Å²) in [6, 6.07) is 8.97. The first-order valence-corrected chi connectivity index (χ1v) is 5.34. The van der Waals surface area contributed by atoms with Gasteiger partial charge in [-0.2, -0.15) is 5.26 Å². The second-order valence-corrected chi connectivity index (χ2v) is 4.18. The Morgan fingerprint density at radius 3 is 2.50 bits per heavy atom. The molecule has 16 heavy (non-hydrogen) atoms. The molecule has 82 valence electrons. The number of nitriles is 1. The number of rotatable bonds is 2. The van der Waals surface area contributed by atoms with Crippen molar-refractivity contribution in [2.75, 3.05) is 0 Å². The van der Waals surface area contributed by atoms with Crippen molar-refractivity contribution in [2.45, 2.75) is 25.2 Å². The number of nitrogens with zero attached hydrogens (tertiary/aromatic N) is 2.